The molecular formula is C16H12ClF2NO6. The molecule has 0 amide bonds. The minimum atomic E-state index is -3.02. The first-order chi connectivity index (χ1) is 12.3. The second kappa shape index (κ2) is 8.43. The van der Waals surface area contributed by atoms with E-state index >= 15 is 0 Å². The molecule has 0 saturated heterocycles. The summed E-state index contributed by atoms with van der Waals surface area (Å²) in [6.45, 7) is -3.29. The summed E-state index contributed by atoms with van der Waals surface area (Å²) in [6, 6.07) is 7.47. The highest BCUT2D eigenvalue weighted by Crippen LogP contribution is 2.30. The van der Waals surface area contributed by atoms with E-state index in [1.165, 1.54) is 31.4 Å². The number of carbonyl (C=O) groups excluding carboxylic acids is 1. The summed E-state index contributed by atoms with van der Waals surface area (Å²) in [7, 11) is 1.26. The molecule has 0 N–H and O–H groups in total. The highest BCUT2D eigenvalue weighted by Gasteiger charge is 2.22. The van der Waals surface area contributed by atoms with Crippen molar-refractivity contribution in [2.24, 2.45) is 0 Å². The molecule has 0 heterocycles. The predicted molar refractivity (Wildman–Crippen MR) is 86.9 cm³/mol. The standard InChI is InChI=1S/C16H12ClF2NO6/c1-24-14-6-9(2-5-13(14)26-16(18)19)8-25-15(21)11-7-10(17)3-4-12(11)20(22)23/h2-7,16H,8H2,1H3. The Morgan fingerprint density at radius 1 is 1.23 bits per heavy atom. The number of alkyl halides is 2. The van der Waals surface area contributed by atoms with Gasteiger partial charge >= 0.3 is 12.6 Å². The number of nitro benzene ring substituents is 1. The van der Waals surface area contributed by atoms with Crippen molar-refractivity contribution >= 4 is 23.3 Å². The van der Waals surface area contributed by atoms with E-state index < -0.39 is 23.2 Å². The quantitative estimate of drug-likeness (QED) is 0.401. The van der Waals surface area contributed by atoms with E-state index in [9.17, 15) is 23.7 Å². The van der Waals surface area contributed by atoms with Crippen molar-refractivity contribution in [3.8, 4) is 11.5 Å². The van der Waals surface area contributed by atoms with Crippen molar-refractivity contribution in [1.29, 1.82) is 0 Å². The molecule has 138 valence electrons. The predicted octanol–water partition coefficient (Wildman–Crippen LogP) is 4.22. The first-order valence-electron chi connectivity index (χ1n) is 7.04. The Balaban J connectivity index is 2.15. The number of rotatable bonds is 7. The lowest BCUT2D eigenvalue weighted by Crippen LogP contribution is -2.09. The van der Waals surface area contributed by atoms with Gasteiger partial charge in [-0.2, -0.15) is 8.78 Å². The van der Waals surface area contributed by atoms with Gasteiger partial charge in [-0.05, 0) is 29.8 Å². The first-order valence-corrected chi connectivity index (χ1v) is 7.42. The van der Waals surface area contributed by atoms with Gasteiger partial charge in [0.2, 0.25) is 0 Å². The molecule has 10 heteroatoms. The van der Waals surface area contributed by atoms with Gasteiger partial charge in [0.05, 0.1) is 12.0 Å². The molecule has 2 aromatic carbocycles. The third-order valence-corrected chi connectivity index (χ3v) is 3.42. The molecule has 0 spiro atoms. The van der Waals surface area contributed by atoms with Crippen LogP contribution in [-0.2, 0) is 11.3 Å². The average Bonchev–Trinajstić information content (AvgIpc) is 2.59. The van der Waals surface area contributed by atoms with Crippen molar-refractivity contribution in [3.05, 3.63) is 62.7 Å². The van der Waals surface area contributed by atoms with Gasteiger partial charge < -0.3 is 14.2 Å². The Morgan fingerprint density at radius 2 is 1.96 bits per heavy atom. The molecule has 0 aromatic heterocycles. The molecule has 0 aliphatic heterocycles. The second-order valence-corrected chi connectivity index (χ2v) is 5.29. The highest BCUT2D eigenvalue weighted by molar-refractivity contribution is 6.31. The molecule has 0 aliphatic carbocycles. The highest BCUT2D eigenvalue weighted by atomic mass is 35.5. The molecule has 0 fully saturated rings. The van der Waals surface area contributed by atoms with Gasteiger partial charge in [-0.3, -0.25) is 10.1 Å². The molecule has 0 saturated carbocycles. The van der Waals surface area contributed by atoms with Crippen LogP contribution in [0.15, 0.2) is 36.4 Å². The maximum atomic E-state index is 12.3. The molecule has 2 aromatic rings. The zero-order valence-corrected chi connectivity index (χ0v) is 14.0. The van der Waals surface area contributed by atoms with Gasteiger partial charge in [0, 0.05) is 11.1 Å². The van der Waals surface area contributed by atoms with Crippen LogP contribution in [0.3, 0.4) is 0 Å². The number of methoxy groups -OCH3 is 1. The van der Waals surface area contributed by atoms with Crippen LogP contribution in [0.5, 0.6) is 11.5 Å². The van der Waals surface area contributed by atoms with Crippen LogP contribution >= 0.6 is 11.6 Å². The van der Waals surface area contributed by atoms with E-state index in [0.29, 0.717) is 5.56 Å². The largest absolute Gasteiger partial charge is 0.493 e. The number of hydrogen-bond donors (Lipinski definition) is 0. The zero-order chi connectivity index (χ0) is 19.3. The Hall–Kier alpha value is -2.94. The number of esters is 1. The minimum Gasteiger partial charge on any atom is -0.493 e. The summed E-state index contributed by atoms with van der Waals surface area (Å²) in [5.41, 5.74) is -0.341. The smallest absolute Gasteiger partial charge is 0.387 e. The molecular weight excluding hydrogens is 376 g/mol. The number of ether oxygens (including phenoxy) is 3. The van der Waals surface area contributed by atoms with E-state index in [1.807, 2.05) is 0 Å². The summed E-state index contributed by atoms with van der Waals surface area (Å²) < 4.78 is 38.9. The van der Waals surface area contributed by atoms with E-state index in [0.717, 1.165) is 12.1 Å². The molecule has 2 rings (SSSR count). The van der Waals surface area contributed by atoms with Gasteiger partial charge in [0.15, 0.2) is 11.5 Å². The monoisotopic (exact) mass is 387 g/mol. The van der Waals surface area contributed by atoms with Crippen LogP contribution in [-0.4, -0.2) is 24.6 Å². The van der Waals surface area contributed by atoms with Gasteiger partial charge in [-0.15, -0.1) is 0 Å². The van der Waals surface area contributed by atoms with Crippen molar-refractivity contribution in [2.75, 3.05) is 7.11 Å². The van der Waals surface area contributed by atoms with Gasteiger partial charge in [-0.25, -0.2) is 4.79 Å². The van der Waals surface area contributed by atoms with Gasteiger partial charge in [0.1, 0.15) is 12.2 Å². The maximum absolute atomic E-state index is 12.3. The average molecular weight is 388 g/mol. The fraction of sp³-hybridized carbons (Fsp3) is 0.188. The number of carbonyl (C=O) groups is 1. The van der Waals surface area contributed by atoms with Crippen LogP contribution in [0.2, 0.25) is 5.02 Å². The number of nitrogens with zero attached hydrogens (tertiary/aromatic N) is 1. The fourth-order valence-corrected chi connectivity index (χ4v) is 2.22. The Labute approximate surface area is 151 Å². The van der Waals surface area contributed by atoms with Gasteiger partial charge in [0.25, 0.3) is 5.69 Å². The molecule has 7 nitrogen and oxygen atoms in total. The third-order valence-electron chi connectivity index (χ3n) is 3.19. The lowest BCUT2D eigenvalue weighted by atomic mass is 10.2. The SMILES string of the molecule is COc1cc(COC(=O)c2cc(Cl)ccc2[N+](=O)[O-])ccc1OC(F)F. The van der Waals surface area contributed by atoms with Crippen molar-refractivity contribution in [3.63, 3.8) is 0 Å². The third kappa shape index (κ3) is 4.79. The van der Waals surface area contributed by atoms with E-state index in [-0.39, 0.29) is 28.7 Å². The molecule has 0 unspecified atom stereocenters. The van der Waals surface area contributed by atoms with Crippen molar-refractivity contribution in [1.82, 2.24) is 0 Å². The molecule has 0 atom stereocenters. The van der Waals surface area contributed by atoms with Crippen molar-refractivity contribution < 1.29 is 32.7 Å². The lowest BCUT2D eigenvalue weighted by Gasteiger charge is -2.11. The van der Waals surface area contributed by atoms with E-state index in [2.05, 4.69) is 4.74 Å². The Bertz CT molecular complexity index is 830. The summed E-state index contributed by atoms with van der Waals surface area (Å²) >= 11 is 5.76. The number of halogens is 3. The van der Waals surface area contributed by atoms with Gasteiger partial charge in [-0.1, -0.05) is 17.7 Å². The van der Waals surface area contributed by atoms with Crippen LogP contribution in [0, 0.1) is 10.1 Å². The molecule has 26 heavy (non-hydrogen) atoms. The first kappa shape index (κ1) is 19.4. The summed E-state index contributed by atoms with van der Waals surface area (Å²) in [4.78, 5) is 22.4. The van der Waals surface area contributed by atoms with Crippen molar-refractivity contribution in [2.45, 2.75) is 13.2 Å². The summed E-state index contributed by atoms with van der Waals surface area (Å²) in [5.74, 6) is -1.11. The molecule has 0 bridgehead atoms. The Morgan fingerprint density at radius 3 is 2.58 bits per heavy atom. The minimum absolute atomic E-state index is 0.0209. The topological polar surface area (TPSA) is 87.9 Å². The summed E-state index contributed by atoms with van der Waals surface area (Å²) in [5, 5.41) is 11.1. The maximum Gasteiger partial charge on any atom is 0.387 e. The summed E-state index contributed by atoms with van der Waals surface area (Å²) in [6.07, 6.45) is 0. The van der Waals surface area contributed by atoms with Crippen LogP contribution in [0.25, 0.3) is 0 Å². The Kier molecular flexibility index (Phi) is 6.29. The number of nitro groups is 1. The van der Waals surface area contributed by atoms with Crippen LogP contribution in [0.4, 0.5) is 14.5 Å². The van der Waals surface area contributed by atoms with E-state index in [1.54, 1.807) is 0 Å². The second-order valence-electron chi connectivity index (χ2n) is 4.86. The normalized spacial score (nSPS) is 10.5. The fourth-order valence-electron chi connectivity index (χ4n) is 2.05. The lowest BCUT2D eigenvalue weighted by molar-refractivity contribution is -0.385. The molecule has 0 radical (unpaired) electrons. The zero-order valence-electron chi connectivity index (χ0n) is 13.3. The number of benzene rings is 2. The van der Waals surface area contributed by atoms with E-state index in [4.69, 9.17) is 21.1 Å². The van der Waals surface area contributed by atoms with Crippen LogP contribution < -0.4 is 9.47 Å². The number of hydrogen-bond acceptors (Lipinski definition) is 6. The molecule has 0 aliphatic rings. The van der Waals surface area contributed by atoms with Crippen LogP contribution in [0.1, 0.15) is 15.9 Å².